The molecule has 1 amide bonds. The average Bonchev–Trinajstić information content (AvgIpc) is 3.34. The van der Waals surface area contributed by atoms with Crippen LogP contribution >= 0.6 is 23.5 Å². The first-order chi connectivity index (χ1) is 12.6. The molecule has 0 aliphatic carbocycles. The highest BCUT2D eigenvalue weighted by atomic mass is 32.2. The van der Waals surface area contributed by atoms with Gasteiger partial charge in [0.1, 0.15) is 5.25 Å². The lowest BCUT2D eigenvalue weighted by atomic mass is 10.3. The van der Waals surface area contributed by atoms with Gasteiger partial charge in [0.25, 0.3) is 0 Å². The smallest absolute Gasteiger partial charge is 0.320 e. The first-order valence-electron chi connectivity index (χ1n) is 8.21. The highest BCUT2D eigenvalue weighted by Gasteiger charge is 2.29. The Morgan fingerprint density at radius 1 is 1.46 bits per heavy atom. The first kappa shape index (κ1) is 18.8. The second-order valence-corrected chi connectivity index (χ2v) is 7.79. The van der Waals surface area contributed by atoms with Gasteiger partial charge in [-0.3, -0.25) is 14.2 Å². The third-order valence-electron chi connectivity index (χ3n) is 3.98. The minimum atomic E-state index is -0.312. The van der Waals surface area contributed by atoms with Crippen LogP contribution in [0.4, 0.5) is 0 Å². The van der Waals surface area contributed by atoms with Crippen LogP contribution in [0.3, 0.4) is 0 Å². The number of amides is 1. The summed E-state index contributed by atoms with van der Waals surface area (Å²) in [5.41, 5.74) is 0. The molecule has 0 bridgehead atoms. The summed E-state index contributed by atoms with van der Waals surface area (Å²) in [6.45, 7) is 3.68. The average molecular weight is 396 g/mol. The molecule has 1 saturated heterocycles. The molecule has 3 heterocycles. The second-order valence-electron chi connectivity index (χ2n) is 5.54. The number of esters is 1. The van der Waals surface area contributed by atoms with Crippen molar-refractivity contribution < 1.29 is 18.7 Å². The minimum absolute atomic E-state index is 0.0191. The summed E-state index contributed by atoms with van der Waals surface area (Å²) in [7, 11) is 1.37. The van der Waals surface area contributed by atoms with E-state index in [9.17, 15) is 9.59 Å². The first-order valence-corrected chi connectivity index (χ1v) is 10.2. The van der Waals surface area contributed by atoms with E-state index in [0.29, 0.717) is 36.4 Å². The summed E-state index contributed by atoms with van der Waals surface area (Å²) < 4.78 is 12.1. The van der Waals surface area contributed by atoms with E-state index in [4.69, 9.17) is 9.15 Å². The van der Waals surface area contributed by atoms with E-state index in [1.165, 1.54) is 30.6 Å². The van der Waals surface area contributed by atoms with Crippen molar-refractivity contribution in [1.29, 1.82) is 0 Å². The van der Waals surface area contributed by atoms with E-state index in [1.807, 2.05) is 17.6 Å². The maximum Gasteiger partial charge on any atom is 0.320 e. The number of rotatable bonds is 6. The van der Waals surface area contributed by atoms with E-state index in [0.717, 1.165) is 5.75 Å². The molecule has 0 radical (unpaired) electrons. The molecule has 0 N–H and O–H groups in total. The van der Waals surface area contributed by atoms with Crippen molar-refractivity contribution in [3.63, 3.8) is 0 Å². The predicted octanol–water partition coefficient (Wildman–Crippen LogP) is 1.77. The monoisotopic (exact) mass is 396 g/mol. The fourth-order valence-corrected chi connectivity index (χ4v) is 4.67. The van der Waals surface area contributed by atoms with E-state index >= 15 is 0 Å². The van der Waals surface area contributed by atoms with Gasteiger partial charge in [-0.05, 0) is 19.1 Å². The lowest BCUT2D eigenvalue weighted by molar-refractivity contribution is -0.141. The molecule has 2 aromatic heterocycles. The largest absolute Gasteiger partial charge is 0.468 e. The van der Waals surface area contributed by atoms with Crippen molar-refractivity contribution in [1.82, 2.24) is 19.7 Å². The van der Waals surface area contributed by atoms with Crippen LogP contribution in [0.25, 0.3) is 11.6 Å². The molecule has 8 nitrogen and oxygen atoms in total. The van der Waals surface area contributed by atoms with Gasteiger partial charge in [-0.25, -0.2) is 0 Å². The fraction of sp³-hybridized carbons (Fsp3) is 0.500. The molecular weight excluding hydrogens is 376 g/mol. The Morgan fingerprint density at radius 3 is 3.00 bits per heavy atom. The number of aromatic nitrogens is 3. The van der Waals surface area contributed by atoms with Crippen LogP contribution < -0.4 is 0 Å². The number of nitrogens with zero attached hydrogens (tertiary/aromatic N) is 4. The topological polar surface area (TPSA) is 90.5 Å². The standard InChI is InChI=1S/C16H20N4O4S2/c1-3-20-14(11-5-4-7-24-11)17-18-16(20)26-10-13(21)19-6-8-25-12(9-19)15(22)23-2/h4-5,7,12H,3,6,8-10H2,1-2H3/t12-/m0/s1. The predicted molar refractivity (Wildman–Crippen MR) is 99.0 cm³/mol. The van der Waals surface area contributed by atoms with Gasteiger partial charge in [0, 0.05) is 25.4 Å². The summed E-state index contributed by atoms with van der Waals surface area (Å²) >= 11 is 2.87. The molecule has 0 unspecified atom stereocenters. The van der Waals surface area contributed by atoms with Crippen LogP contribution in [-0.2, 0) is 20.9 Å². The van der Waals surface area contributed by atoms with Crippen LogP contribution in [0.15, 0.2) is 28.0 Å². The highest BCUT2D eigenvalue weighted by molar-refractivity contribution is 8.00. The maximum atomic E-state index is 12.5. The minimum Gasteiger partial charge on any atom is -0.468 e. The molecule has 1 aliphatic heterocycles. The Bertz CT molecular complexity index is 762. The SMILES string of the molecule is CCn1c(SCC(=O)N2CCS[C@H](C(=O)OC)C2)nnc1-c1ccco1. The number of methoxy groups -OCH3 is 1. The molecule has 26 heavy (non-hydrogen) atoms. The Kier molecular flexibility index (Phi) is 6.25. The Hall–Kier alpha value is -1.94. The highest BCUT2D eigenvalue weighted by Crippen LogP contribution is 2.25. The van der Waals surface area contributed by atoms with Gasteiger partial charge < -0.3 is 14.1 Å². The second kappa shape index (κ2) is 8.63. The van der Waals surface area contributed by atoms with Crippen molar-refractivity contribution in [3.8, 4) is 11.6 Å². The molecular formula is C16H20N4O4S2. The number of furan rings is 1. The Morgan fingerprint density at radius 2 is 2.31 bits per heavy atom. The van der Waals surface area contributed by atoms with Crippen LogP contribution in [0.1, 0.15) is 6.92 Å². The zero-order chi connectivity index (χ0) is 18.5. The van der Waals surface area contributed by atoms with Gasteiger partial charge >= 0.3 is 5.97 Å². The van der Waals surface area contributed by atoms with Gasteiger partial charge in [0.2, 0.25) is 5.91 Å². The van der Waals surface area contributed by atoms with Gasteiger partial charge in [0.05, 0.1) is 19.1 Å². The summed E-state index contributed by atoms with van der Waals surface area (Å²) in [6, 6.07) is 3.63. The van der Waals surface area contributed by atoms with Crippen molar-refractivity contribution in [2.45, 2.75) is 23.9 Å². The summed E-state index contributed by atoms with van der Waals surface area (Å²) in [6.07, 6.45) is 1.59. The number of hydrogen-bond acceptors (Lipinski definition) is 8. The lowest BCUT2D eigenvalue weighted by Gasteiger charge is -2.30. The van der Waals surface area contributed by atoms with Crippen molar-refractivity contribution in [2.75, 3.05) is 31.7 Å². The van der Waals surface area contributed by atoms with Gasteiger partial charge in [-0.1, -0.05) is 11.8 Å². The molecule has 3 rings (SSSR count). The lowest BCUT2D eigenvalue weighted by Crippen LogP contribution is -2.45. The number of thioether (sulfide) groups is 2. The summed E-state index contributed by atoms with van der Waals surface area (Å²) in [5, 5.41) is 8.72. The van der Waals surface area contributed by atoms with E-state index in [2.05, 4.69) is 10.2 Å². The fourth-order valence-electron chi connectivity index (χ4n) is 2.64. The molecule has 1 aliphatic rings. The van der Waals surface area contributed by atoms with Crippen LogP contribution in [0.2, 0.25) is 0 Å². The van der Waals surface area contributed by atoms with E-state index in [1.54, 1.807) is 17.2 Å². The van der Waals surface area contributed by atoms with Crippen LogP contribution in [-0.4, -0.2) is 68.5 Å². The number of carbonyl (C=O) groups excluding carboxylic acids is 2. The third-order valence-corrected chi connectivity index (χ3v) is 6.10. The zero-order valence-electron chi connectivity index (χ0n) is 14.6. The third kappa shape index (κ3) is 4.07. The van der Waals surface area contributed by atoms with Crippen LogP contribution in [0, 0.1) is 0 Å². The molecule has 0 spiro atoms. The Balaban J connectivity index is 1.62. The summed E-state index contributed by atoms with van der Waals surface area (Å²) in [5.74, 6) is 1.96. The molecule has 1 fully saturated rings. The number of ether oxygens (including phenoxy) is 1. The molecule has 2 aromatic rings. The molecule has 0 saturated carbocycles. The zero-order valence-corrected chi connectivity index (χ0v) is 16.2. The maximum absolute atomic E-state index is 12.5. The number of hydrogen-bond donors (Lipinski definition) is 0. The van der Waals surface area contributed by atoms with E-state index < -0.39 is 0 Å². The summed E-state index contributed by atoms with van der Waals surface area (Å²) in [4.78, 5) is 25.9. The quantitative estimate of drug-likeness (QED) is 0.539. The Labute approximate surface area is 159 Å². The van der Waals surface area contributed by atoms with Gasteiger partial charge in [0.15, 0.2) is 16.7 Å². The van der Waals surface area contributed by atoms with Gasteiger partial charge in [-0.15, -0.1) is 22.0 Å². The molecule has 140 valence electrons. The van der Waals surface area contributed by atoms with Crippen molar-refractivity contribution >= 4 is 35.4 Å². The van der Waals surface area contributed by atoms with Gasteiger partial charge in [-0.2, -0.15) is 0 Å². The van der Waals surface area contributed by atoms with Crippen molar-refractivity contribution in [3.05, 3.63) is 18.4 Å². The van der Waals surface area contributed by atoms with Crippen molar-refractivity contribution in [2.24, 2.45) is 0 Å². The number of carbonyl (C=O) groups is 2. The molecule has 1 atom stereocenters. The molecule has 0 aromatic carbocycles. The van der Waals surface area contributed by atoms with E-state index in [-0.39, 0.29) is 22.9 Å². The molecule has 10 heteroatoms. The normalized spacial score (nSPS) is 17.3. The van der Waals surface area contributed by atoms with Crippen LogP contribution in [0.5, 0.6) is 0 Å².